The molecule has 1 aromatic rings. The standard InChI is InChI=1S/C13H21FN4O2/c1-3-9(4-2)18(7-8-19)13(20)10-5-6-16-12(17-15)11(10)14/h5-6,9,19H,3-4,7-8,15H2,1-2H3,(H,16,17). The molecule has 0 aliphatic carbocycles. The number of carbonyl (C=O) groups excluding carboxylic acids is 1. The van der Waals surface area contributed by atoms with E-state index in [0.29, 0.717) is 0 Å². The van der Waals surface area contributed by atoms with Crippen LogP contribution >= 0.6 is 0 Å². The molecule has 0 aliphatic heterocycles. The number of carbonyl (C=O) groups is 1. The molecular weight excluding hydrogens is 263 g/mol. The first-order chi connectivity index (χ1) is 9.60. The number of hydrogen-bond donors (Lipinski definition) is 3. The third-order valence-corrected chi connectivity index (χ3v) is 3.24. The summed E-state index contributed by atoms with van der Waals surface area (Å²) in [6.07, 6.45) is 2.78. The number of aliphatic hydroxyl groups is 1. The van der Waals surface area contributed by atoms with Crippen molar-refractivity contribution in [3.8, 4) is 0 Å². The fraction of sp³-hybridized carbons (Fsp3) is 0.538. The van der Waals surface area contributed by atoms with Crippen molar-refractivity contribution in [1.29, 1.82) is 0 Å². The number of anilines is 1. The third-order valence-electron chi connectivity index (χ3n) is 3.24. The third kappa shape index (κ3) is 3.43. The van der Waals surface area contributed by atoms with E-state index < -0.39 is 11.7 Å². The summed E-state index contributed by atoms with van der Waals surface area (Å²) < 4.78 is 14.1. The van der Waals surface area contributed by atoms with Crippen molar-refractivity contribution in [2.24, 2.45) is 5.84 Å². The number of nitrogens with two attached hydrogens (primary N) is 1. The zero-order valence-corrected chi connectivity index (χ0v) is 11.8. The summed E-state index contributed by atoms with van der Waals surface area (Å²) in [7, 11) is 0. The first kappa shape index (κ1) is 16.3. The summed E-state index contributed by atoms with van der Waals surface area (Å²) in [5.41, 5.74) is 2.01. The smallest absolute Gasteiger partial charge is 0.257 e. The first-order valence-corrected chi connectivity index (χ1v) is 6.63. The summed E-state index contributed by atoms with van der Waals surface area (Å²) in [5.74, 6) is 3.72. The van der Waals surface area contributed by atoms with Gasteiger partial charge in [-0.15, -0.1) is 0 Å². The van der Waals surface area contributed by atoms with Crippen LogP contribution in [0.15, 0.2) is 12.3 Å². The predicted molar refractivity (Wildman–Crippen MR) is 74.5 cm³/mol. The Morgan fingerprint density at radius 3 is 2.70 bits per heavy atom. The number of hydrogen-bond acceptors (Lipinski definition) is 5. The van der Waals surface area contributed by atoms with Crippen molar-refractivity contribution in [3.63, 3.8) is 0 Å². The minimum Gasteiger partial charge on any atom is -0.395 e. The Labute approximate surface area is 117 Å². The van der Waals surface area contributed by atoms with Gasteiger partial charge in [0.2, 0.25) is 0 Å². The normalized spacial score (nSPS) is 10.7. The summed E-state index contributed by atoms with van der Waals surface area (Å²) in [4.78, 5) is 17.6. The second-order valence-electron chi connectivity index (χ2n) is 4.36. The second-order valence-corrected chi connectivity index (χ2v) is 4.36. The maximum atomic E-state index is 14.1. The van der Waals surface area contributed by atoms with E-state index in [0.717, 1.165) is 12.8 Å². The van der Waals surface area contributed by atoms with Crippen molar-refractivity contribution in [2.45, 2.75) is 32.7 Å². The van der Waals surface area contributed by atoms with Crippen molar-refractivity contribution >= 4 is 11.7 Å². The van der Waals surface area contributed by atoms with Crippen LogP contribution in [-0.4, -0.2) is 40.1 Å². The van der Waals surface area contributed by atoms with Crippen LogP contribution < -0.4 is 11.3 Å². The van der Waals surface area contributed by atoms with Gasteiger partial charge in [-0.1, -0.05) is 13.8 Å². The van der Waals surface area contributed by atoms with Crippen molar-refractivity contribution in [2.75, 3.05) is 18.6 Å². The van der Waals surface area contributed by atoms with Crippen molar-refractivity contribution in [1.82, 2.24) is 9.88 Å². The van der Waals surface area contributed by atoms with Crippen LogP contribution in [0.4, 0.5) is 10.2 Å². The maximum absolute atomic E-state index is 14.1. The number of halogens is 1. The molecule has 20 heavy (non-hydrogen) atoms. The van der Waals surface area contributed by atoms with E-state index >= 15 is 0 Å². The molecule has 0 atom stereocenters. The lowest BCUT2D eigenvalue weighted by atomic mass is 10.1. The van der Waals surface area contributed by atoms with Crippen LogP contribution in [0.1, 0.15) is 37.0 Å². The first-order valence-electron chi connectivity index (χ1n) is 6.63. The van der Waals surface area contributed by atoms with Gasteiger partial charge in [0.05, 0.1) is 12.2 Å². The molecule has 112 valence electrons. The van der Waals surface area contributed by atoms with Gasteiger partial charge in [-0.25, -0.2) is 15.2 Å². The highest BCUT2D eigenvalue weighted by molar-refractivity contribution is 5.95. The van der Waals surface area contributed by atoms with E-state index in [1.165, 1.54) is 17.2 Å². The van der Waals surface area contributed by atoms with Crippen LogP contribution in [0.25, 0.3) is 0 Å². The lowest BCUT2D eigenvalue weighted by Crippen LogP contribution is -2.42. The summed E-state index contributed by atoms with van der Waals surface area (Å²) in [6, 6.07) is 1.27. The fourth-order valence-electron chi connectivity index (χ4n) is 2.15. The van der Waals surface area contributed by atoms with Gasteiger partial charge in [-0.3, -0.25) is 4.79 Å². The van der Waals surface area contributed by atoms with E-state index in [-0.39, 0.29) is 30.6 Å². The number of hydrazine groups is 1. The number of aliphatic hydroxyl groups excluding tert-OH is 1. The molecule has 1 heterocycles. The van der Waals surface area contributed by atoms with E-state index in [1.807, 2.05) is 13.8 Å². The molecule has 4 N–H and O–H groups in total. The average molecular weight is 284 g/mol. The monoisotopic (exact) mass is 284 g/mol. The molecule has 0 fully saturated rings. The molecule has 1 amide bonds. The van der Waals surface area contributed by atoms with Gasteiger partial charge in [-0.2, -0.15) is 0 Å². The highest BCUT2D eigenvalue weighted by Crippen LogP contribution is 2.19. The minimum atomic E-state index is -0.783. The van der Waals surface area contributed by atoms with Gasteiger partial charge in [0.1, 0.15) is 0 Å². The van der Waals surface area contributed by atoms with Gasteiger partial charge in [0, 0.05) is 18.8 Å². The topological polar surface area (TPSA) is 91.5 Å². The van der Waals surface area contributed by atoms with E-state index in [1.54, 1.807) is 0 Å². The largest absolute Gasteiger partial charge is 0.395 e. The number of amides is 1. The number of nitrogens with zero attached hydrogens (tertiary/aromatic N) is 2. The van der Waals surface area contributed by atoms with Gasteiger partial charge < -0.3 is 15.4 Å². The highest BCUT2D eigenvalue weighted by Gasteiger charge is 2.25. The average Bonchev–Trinajstić information content (AvgIpc) is 2.47. The van der Waals surface area contributed by atoms with Crippen molar-refractivity contribution < 1.29 is 14.3 Å². The molecule has 7 heteroatoms. The van der Waals surface area contributed by atoms with Gasteiger partial charge in [0.25, 0.3) is 5.91 Å². The molecule has 0 aliphatic rings. The molecule has 0 aromatic carbocycles. The predicted octanol–water partition coefficient (Wildman–Crippen LogP) is 1.13. The lowest BCUT2D eigenvalue weighted by Gasteiger charge is -2.30. The molecule has 0 unspecified atom stereocenters. The Hall–Kier alpha value is -1.73. The molecule has 6 nitrogen and oxygen atoms in total. The summed E-state index contributed by atoms with van der Waals surface area (Å²) >= 11 is 0. The van der Waals surface area contributed by atoms with Crippen LogP contribution in [0.3, 0.4) is 0 Å². The molecule has 0 radical (unpaired) electrons. The zero-order valence-electron chi connectivity index (χ0n) is 11.8. The Bertz CT molecular complexity index is 452. The number of rotatable bonds is 7. The van der Waals surface area contributed by atoms with Crippen LogP contribution in [0.2, 0.25) is 0 Å². The number of nitrogens with one attached hydrogen (secondary N) is 1. The lowest BCUT2D eigenvalue weighted by molar-refractivity contribution is 0.0617. The Morgan fingerprint density at radius 1 is 1.55 bits per heavy atom. The zero-order chi connectivity index (χ0) is 15.1. The Balaban J connectivity index is 3.12. The summed E-state index contributed by atoms with van der Waals surface area (Å²) in [5, 5.41) is 9.11. The molecule has 0 saturated carbocycles. The van der Waals surface area contributed by atoms with Gasteiger partial charge >= 0.3 is 0 Å². The Morgan fingerprint density at radius 2 is 2.20 bits per heavy atom. The van der Waals surface area contributed by atoms with E-state index in [2.05, 4.69) is 10.4 Å². The minimum absolute atomic E-state index is 0.0449. The van der Waals surface area contributed by atoms with Crippen molar-refractivity contribution in [3.05, 3.63) is 23.6 Å². The second kappa shape index (κ2) is 7.76. The van der Waals surface area contributed by atoms with Crippen LogP contribution in [0, 0.1) is 5.82 Å². The molecule has 0 saturated heterocycles. The van der Waals surface area contributed by atoms with Crippen LogP contribution in [-0.2, 0) is 0 Å². The maximum Gasteiger partial charge on any atom is 0.257 e. The molecule has 0 spiro atoms. The van der Waals surface area contributed by atoms with Gasteiger partial charge in [-0.05, 0) is 18.9 Å². The SMILES string of the molecule is CCC(CC)N(CCO)C(=O)c1ccnc(NN)c1F. The van der Waals surface area contributed by atoms with Gasteiger partial charge in [0.15, 0.2) is 11.6 Å². The highest BCUT2D eigenvalue weighted by atomic mass is 19.1. The molecule has 0 bridgehead atoms. The van der Waals surface area contributed by atoms with E-state index in [9.17, 15) is 9.18 Å². The molecule has 1 rings (SSSR count). The molecule has 1 aromatic heterocycles. The quantitative estimate of drug-likeness (QED) is 0.515. The Kier molecular flexibility index (Phi) is 6.33. The van der Waals surface area contributed by atoms with E-state index in [4.69, 9.17) is 10.9 Å². The van der Waals surface area contributed by atoms with Crippen LogP contribution in [0.5, 0.6) is 0 Å². The molecular formula is C13H21FN4O2. The number of nitrogen functional groups attached to an aromatic ring is 1. The number of aromatic nitrogens is 1. The summed E-state index contributed by atoms with van der Waals surface area (Å²) in [6.45, 7) is 3.89. The fourth-order valence-corrected chi connectivity index (χ4v) is 2.15. The number of pyridine rings is 1.